The molecule has 2 N–H and O–H groups in total. The molecule has 3 unspecified atom stereocenters. The summed E-state index contributed by atoms with van der Waals surface area (Å²) in [4.78, 5) is 29.3. The number of fused-ring (bicyclic) bond motifs is 1. The van der Waals surface area contributed by atoms with Crippen LogP contribution in [0.2, 0.25) is 0 Å². The number of imidazole rings is 1. The number of rotatable bonds is 10. The van der Waals surface area contributed by atoms with Crippen LogP contribution in [0.4, 0.5) is 0 Å². The summed E-state index contributed by atoms with van der Waals surface area (Å²) in [6, 6.07) is 6.94. The summed E-state index contributed by atoms with van der Waals surface area (Å²) in [5.41, 5.74) is 3.40. The highest BCUT2D eigenvalue weighted by atomic mass is 32.1. The summed E-state index contributed by atoms with van der Waals surface area (Å²) in [5.74, 6) is -0.195. The molecule has 0 fully saturated rings. The third-order valence-electron chi connectivity index (χ3n) is 5.94. The number of carbonyl (C=O) groups excluding carboxylic acids is 1. The molecule has 0 aliphatic carbocycles. The molecule has 0 aliphatic rings. The van der Waals surface area contributed by atoms with Crippen LogP contribution < -0.4 is 5.32 Å². The number of hydrogen-bond acceptors (Lipinski definition) is 4. The molecule has 1 aromatic carbocycles. The van der Waals surface area contributed by atoms with Crippen molar-refractivity contribution in [3.63, 3.8) is 0 Å². The first-order chi connectivity index (χ1) is 14.8. The summed E-state index contributed by atoms with van der Waals surface area (Å²) in [7, 11) is 0. The quantitative estimate of drug-likeness (QED) is 0.448. The van der Waals surface area contributed by atoms with Crippen molar-refractivity contribution in [2.75, 3.05) is 0 Å². The van der Waals surface area contributed by atoms with Crippen LogP contribution >= 0.6 is 11.3 Å². The number of hydrogen-bond donors (Lipinski definition) is 2. The Balaban J connectivity index is 1.91. The lowest BCUT2D eigenvalue weighted by molar-refractivity contribution is -0.139. The van der Waals surface area contributed by atoms with Gasteiger partial charge in [-0.25, -0.2) is 9.78 Å². The molecule has 3 rings (SSSR count). The Morgan fingerprint density at radius 1 is 1.19 bits per heavy atom. The van der Waals surface area contributed by atoms with E-state index in [9.17, 15) is 14.7 Å². The smallest absolute Gasteiger partial charge is 0.326 e. The number of nitrogens with zero attached hydrogens (tertiary/aromatic N) is 2. The van der Waals surface area contributed by atoms with E-state index < -0.39 is 12.0 Å². The molecule has 3 atom stereocenters. The van der Waals surface area contributed by atoms with Crippen LogP contribution in [0.3, 0.4) is 0 Å². The van der Waals surface area contributed by atoms with E-state index in [1.165, 1.54) is 5.56 Å². The van der Waals surface area contributed by atoms with Crippen LogP contribution in [0.1, 0.15) is 74.7 Å². The third kappa shape index (κ3) is 5.34. The first-order valence-corrected chi connectivity index (χ1v) is 11.8. The summed E-state index contributed by atoms with van der Waals surface area (Å²) in [6.07, 6.45) is 2.99. The Hall–Kier alpha value is -2.67. The van der Waals surface area contributed by atoms with E-state index >= 15 is 0 Å². The van der Waals surface area contributed by atoms with Crippen molar-refractivity contribution in [1.29, 1.82) is 0 Å². The molecule has 0 aliphatic heterocycles. The number of nitrogens with one attached hydrogen (secondary N) is 1. The van der Waals surface area contributed by atoms with Gasteiger partial charge in [0.05, 0.1) is 11.0 Å². The molecular weight excluding hydrogens is 410 g/mol. The highest BCUT2D eigenvalue weighted by Gasteiger charge is 2.23. The molecule has 166 valence electrons. The highest BCUT2D eigenvalue weighted by Crippen LogP contribution is 2.26. The summed E-state index contributed by atoms with van der Waals surface area (Å²) in [5, 5.41) is 16.4. The topological polar surface area (TPSA) is 84.2 Å². The second-order valence-corrected chi connectivity index (χ2v) is 9.06. The predicted molar refractivity (Wildman–Crippen MR) is 125 cm³/mol. The zero-order valence-electron chi connectivity index (χ0n) is 18.6. The van der Waals surface area contributed by atoms with Crippen molar-refractivity contribution in [2.24, 2.45) is 5.92 Å². The van der Waals surface area contributed by atoms with Gasteiger partial charge < -0.3 is 15.0 Å². The normalized spacial score (nSPS) is 14.3. The summed E-state index contributed by atoms with van der Waals surface area (Å²) in [6.45, 7) is 8.33. The molecule has 31 heavy (non-hydrogen) atoms. The minimum absolute atomic E-state index is 0.217. The van der Waals surface area contributed by atoms with Crippen LogP contribution in [0.5, 0.6) is 0 Å². The van der Waals surface area contributed by atoms with E-state index in [1.54, 1.807) is 23.5 Å². The molecule has 0 radical (unpaired) electrons. The number of carbonyl (C=O) groups is 2. The van der Waals surface area contributed by atoms with Gasteiger partial charge in [-0.3, -0.25) is 4.79 Å². The van der Waals surface area contributed by atoms with Crippen molar-refractivity contribution in [1.82, 2.24) is 14.9 Å². The first-order valence-electron chi connectivity index (χ1n) is 10.9. The maximum atomic E-state index is 12.8. The molecule has 6 nitrogen and oxygen atoms in total. The molecule has 0 saturated carbocycles. The second kappa shape index (κ2) is 10.1. The van der Waals surface area contributed by atoms with Gasteiger partial charge in [0.25, 0.3) is 5.91 Å². The SMILES string of the molecule is CCC(C)CC(NC(=O)c1ccc2c(c1)nc(Cc1ccsc1)n2C(C)CC)C(=O)O. The van der Waals surface area contributed by atoms with Gasteiger partial charge in [-0.15, -0.1) is 0 Å². The third-order valence-corrected chi connectivity index (χ3v) is 6.67. The minimum Gasteiger partial charge on any atom is -0.480 e. The zero-order valence-corrected chi connectivity index (χ0v) is 19.4. The highest BCUT2D eigenvalue weighted by molar-refractivity contribution is 7.07. The van der Waals surface area contributed by atoms with Crippen LogP contribution in [-0.2, 0) is 11.2 Å². The fraction of sp³-hybridized carbons (Fsp3) is 0.458. The fourth-order valence-corrected chi connectivity index (χ4v) is 4.37. The number of carboxylic acid groups (broad SMARTS) is 1. The molecule has 0 spiro atoms. The minimum atomic E-state index is -1.01. The van der Waals surface area contributed by atoms with Crippen LogP contribution in [0.15, 0.2) is 35.0 Å². The van der Waals surface area contributed by atoms with Gasteiger partial charge in [0.1, 0.15) is 11.9 Å². The van der Waals surface area contributed by atoms with Crippen molar-refractivity contribution >= 4 is 34.2 Å². The summed E-state index contributed by atoms with van der Waals surface area (Å²) < 4.78 is 2.25. The molecule has 1 amide bonds. The average molecular weight is 442 g/mol. The van der Waals surface area contributed by atoms with Gasteiger partial charge in [-0.2, -0.15) is 11.3 Å². The van der Waals surface area contributed by atoms with E-state index in [-0.39, 0.29) is 17.9 Å². The maximum Gasteiger partial charge on any atom is 0.326 e. The molecule has 7 heteroatoms. The second-order valence-electron chi connectivity index (χ2n) is 8.28. The number of aliphatic carboxylic acids is 1. The Kier molecular flexibility index (Phi) is 7.49. The largest absolute Gasteiger partial charge is 0.480 e. The van der Waals surface area contributed by atoms with E-state index in [2.05, 4.69) is 40.6 Å². The van der Waals surface area contributed by atoms with Gasteiger partial charge in [0.15, 0.2) is 0 Å². The van der Waals surface area contributed by atoms with E-state index in [0.29, 0.717) is 12.0 Å². The number of carboxylic acids is 1. The lowest BCUT2D eigenvalue weighted by Crippen LogP contribution is -2.41. The van der Waals surface area contributed by atoms with Crippen molar-refractivity contribution in [3.8, 4) is 0 Å². The zero-order chi connectivity index (χ0) is 22.5. The Bertz CT molecular complexity index is 1040. The van der Waals surface area contributed by atoms with E-state index in [4.69, 9.17) is 4.98 Å². The van der Waals surface area contributed by atoms with Crippen molar-refractivity contribution < 1.29 is 14.7 Å². The molecule has 0 bridgehead atoms. The van der Waals surface area contributed by atoms with Crippen LogP contribution in [-0.4, -0.2) is 32.6 Å². The maximum absolute atomic E-state index is 12.8. The lowest BCUT2D eigenvalue weighted by Gasteiger charge is -2.18. The first kappa shape index (κ1) is 23.0. The number of aromatic nitrogens is 2. The fourth-order valence-electron chi connectivity index (χ4n) is 3.70. The lowest BCUT2D eigenvalue weighted by atomic mass is 9.99. The molecule has 3 aromatic rings. The molecule has 0 saturated heterocycles. The Morgan fingerprint density at radius 2 is 1.97 bits per heavy atom. The van der Waals surface area contributed by atoms with Crippen LogP contribution in [0.25, 0.3) is 11.0 Å². The van der Waals surface area contributed by atoms with Gasteiger partial charge in [0, 0.05) is 18.0 Å². The molecular formula is C24H31N3O3S. The van der Waals surface area contributed by atoms with E-state index in [1.807, 2.05) is 19.9 Å². The standard InChI is InChI=1S/C24H31N3O3S/c1-5-15(3)11-20(24(29)30)26-23(28)18-7-8-21-19(13-18)25-22(27(21)16(4)6-2)12-17-9-10-31-14-17/h7-10,13-16,20H,5-6,11-12H2,1-4H3,(H,26,28)(H,29,30). The monoisotopic (exact) mass is 441 g/mol. The number of amides is 1. The van der Waals surface area contributed by atoms with Gasteiger partial charge in [-0.1, -0.05) is 27.2 Å². The van der Waals surface area contributed by atoms with Crippen molar-refractivity contribution in [2.45, 2.75) is 65.5 Å². The Labute approximate surface area is 187 Å². The molecule has 2 aromatic heterocycles. The average Bonchev–Trinajstić information content (AvgIpc) is 3.39. The van der Waals surface area contributed by atoms with Gasteiger partial charge >= 0.3 is 5.97 Å². The number of thiophene rings is 1. The van der Waals surface area contributed by atoms with Gasteiger partial charge in [0.2, 0.25) is 0 Å². The van der Waals surface area contributed by atoms with E-state index in [0.717, 1.165) is 36.1 Å². The van der Waals surface area contributed by atoms with Gasteiger partial charge in [-0.05, 0) is 66.3 Å². The number of benzene rings is 1. The van der Waals surface area contributed by atoms with Crippen LogP contribution in [0, 0.1) is 5.92 Å². The summed E-state index contributed by atoms with van der Waals surface area (Å²) >= 11 is 1.67. The Morgan fingerprint density at radius 3 is 2.58 bits per heavy atom. The van der Waals surface area contributed by atoms with Crippen molar-refractivity contribution in [3.05, 3.63) is 52.0 Å². The predicted octanol–water partition coefficient (Wildman–Crippen LogP) is 5.28. The molecule has 2 heterocycles.